The van der Waals surface area contributed by atoms with Gasteiger partial charge < -0.3 is 15.4 Å². The molecule has 2 aromatic rings. The predicted octanol–water partition coefficient (Wildman–Crippen LogP) is 4.75. The minimum absolute atomic E-state index is 0.280. The molecular weight excluding hydrogens is 340 g/mol. The molecule has 0 radical (unpaired) electrons. The highest BCUT2D eigenvalue weighted by molar-refractivity contribution is 6.10. The standard InChI is InChI=1S/C22H28N2O3/c1-4-5-11-16-23-20(25)22(2,3)21(26)24-18-14-9-10-15-19(18)27-17-12-7-6-8-13-17/h6-10,12-15H,4-5,11,16H2,1-3H3,(H,23,25)(H,24,26). The van der Waals surface area contributed by atoms with Crippen LogP contribution in [0.1, 0.15) is 40.0 Å². The lowest BCUT2D eigenvalue weighted by atomic mass is 9.91. The number of ether oxygens (including phenoxy) is 1. The van der Waals surface area contributed by atoms with Crippen LogP contribution in [0.25, 0.3) is 0 Å². The predicted molar refractivity (Wildman–Crippen MR) is 108 cm³/mol. The number of para-hydroxylation sites is 3. The number of nitrogens with one attached hydrogen (secondary N) is 2. The van der Waals surface area contributed by atoms with Gasteiger partial charge in [-0.15, -0.1) is 0 Å². The van der Waals surface area contributed by atoms with Gasteiger partial charge >= 0.3 is 0 Å². The zero-order valence-corrected chi connectivity index (χ0v) is 16.2. The van der Waals surface area contributed by atoms with E-state index in [0.29, 0.717) is 23.7 Å². The summed E-state index contributed by atoms with van der Waals surface area (Å²) in [7, 11) is 0. The van der Waals surface area contributed by atoms with Crippen molar-refractivity contribution in [1.82, 2.24) is 5.32 Å². The minimum Gasteiger partial charge on any atom is -0.455 e. The van der Waals surface area contributed by atoms with E-state index in [1.165, 1.54) is 0 Å². The summed E-state index contributed by atoms with van der Waals surface area (Å²) in [5.74, 6) is 0.542. The van der Waals surface area contributed by atoms with Crippen molar-refractivity contribution >= 4 is 17.5 Å². The Balaban J connectivity index is 2.05. The lowest BCUT2D eigenvalue weighted by Gasteiger charge is -2.23. The van der Waals surface area contributed by atoms with Gasteiger partial charge in [0.2, 0.25) is 11.8 Å². The molecule has 0 aliphatic heterocycles. The Morgan fingerprint density at radius 2 is 1.59 bits per heavy atom. The summed E-state index contributed by atoms with van der Waals surface area (Å²) in [6.07, 6.45) is 3.04. The van der Waals surface area contributed by atoms with Crippen LogP contribution in [0.3, 0.4) is 0 Å². The van der Waals surface area contributed by atoms with Crippen LogP contribution in [-0.4, -0.2) is 18.4 Å². The second-order valence-electron chi connectivity index (χ2n) is 6.95. The van der Waals surface area contributed by atoms with Crippen LogP contribution in [0.4, 0.5) is 5.69 Å². The maximum Gasteiger partial charge on any atom is 0.239 e. The molecule has 0 aromatic heterocycles. The fraction of sp³-hybridized carbons (Fsp3) is 0.364. The lowest BCUT2D eigenvalue weighted by molar-refractivity contribution is -0.138. The minimum atomic E-state index is -1.19. The average molecular weight is 368 g/mol. The molecule has 0 bridgehead atoms. The fourth-order valence-electron chi connectivity index (χ4n) is 2.45. The smallest absolute Gasteiger partial charge is 0.239 e. The van der Waals surface area contributed by atoms with E-state index in [2.05, 4.69) is 17.6 Å². The Hall–Kier alpha value is -2.82. The van der Waals surface area contributed by atoms with Crippen molar-refractivity contribution in [1.29, 1.82) is 0 Å². The molecule has 2 aromatic carbocycles. The van der Waals surface area contributed by atoms with Crippen molar-refractivity contribution in [2.24, 2.45) is 5.41 Å². The van der Waals surface area contributed by atoms with Crippen molar-refractivity contribution < 1.29 is 14.3 Å². The van der Waals surface area contributed by atoms with Crippen LogP contribution < -0.4 is 15.4 Å². The molecule has 0 aliphatic rings. The Morgan fingerprint density at radius 3 is 2.30 bits per heavy atom. The van der Waals surface area contributed by atoms with Gasteiger partial charge in [-0.3, -0.25) is 9.59 Å². The van der Waals surface area contributed by atoms with Gasteiger partial charge in [0.1, 0.15) is 11.2 Å². The topological polar surface area (TPSA) is 67.4 Å². The Labute approximate surface area is 161 Å². The number of hydrogen-bond acceptors (Lipinski definition) is 3. The highest BCUT2D eigenvalue weighted by Crippen LogP contribution is 2.30. The summed E-state index contributed by atoms with van der Waals surface area (Å²) in [5.41, 5.74) is -0.662. The Bertz CT molecular complexity index is 757. The molecule has 2 rings (SSSR count). The maximum atomic E-state index is 12.7. The third kappa shape index (κ3) is 5.84. The zero-order valence-electron chi connectivity index (χ0n) is 16.2. The number of carbonyl (C=O) groups excluding carboxylic acids is 2. The molecule has 0 spiro atoms. The molecule has 2 amide bonds. The molecule has 0 heterocycles. The van der Waals surface area contributed by atoms with E-state index in [0.717, 1.165) is 19.3 Å². The third-order valence-corrected chi connectivity index (χ3v) is 4.31. The quantitative estimate of drug-likeness (QED) is 0.496. The molecule has 144 valence electrons. The van der Waals surface area contributed by atoms with Crippen LogP contribution in [0.2, 0.25) is 0 Å². The average Bonchev–Trinajstić information content (AvgIpc) is 2.67. The number of unbranched alkanes of at least 4 members (excludes halogenated alkanes) is 2. The molecule has 27 heavy (non-hydrogen) atoms. The Kier molecular flexibility index (Phi) is 7.41. The van der Waals surface area contributed by atoms with Crippen molar-refractivity contribution in [3.8, 4) is 11.5 Å². The zero-order chi connectivity index (χ0) is 19.7. The van der Waals surface area contributed by atoms with Crippen molar-refractivity contribution in [2.45, 2.75) is 40.0 Å². The molecule has 0 fully saturated rings. The van der Waals surface area contributed by atoms with Gasteiger partial charge in [-0.2, -0.15) is 0 Å². The number of amides is 2. The lowest BCUT2D eigenvalue weighted by Crippen LogP contribution is -2.45. The van der Waals surface area contributed by atoms with Gasteiger partial charge in [-0.25, -0.2) is 0 Å². The molecule has 0 saturated carbocycles. The first-order chi connectivity index (χ1) is 12.9. The largest absolute Gasteiger partial charge is 0.455 e. The number of carbonyl (C=O) groups is 2. The molecule has 0 unspecified atom stereocenters. The summed E-state index contributed by atoms with van der Waals surface area (Å²) in [6.45, 7) is 5.93. The van der Waals surface area contributed by atoms with E-state index < -0.39 is 5.41 Å². The highest BCUT2D eigenvalue weighted by atomic mass is 16.5. The van der Waals surface area contributed by atoms with Crippen LogP contribution in [0.5, 0.6) is 11.5 Å². The molecule has 2 N–H and O–H groups in total. The SMILES string of the molecule is CCCCCNC(=O)C(C)(C)C(=O)Nc1ccccc1Oc1ccccc1. The van der Waals surface area contributed by atoms with Gasteiger partial charge in [-0.1, -0.05) is 50.1 Å². The fourth-order valence-corrected chi connectivity index (χ4v) is 2.45. The second kappa shape index (κ2) is 9.76. The van der Waals surface area contributed by atoms with E-state index >= 15 is 0 Å². The van der Waals surface area contributed by atoms with E-state index in [1.54, 1.807) is 26.0 Å². The van der Waals surface area contributed by atoms with E-state index in [-0.39, 0.29) is 11.8 Å². The maximum absolute atomic E-state index is 12.7. The number of benzene rings is 2. The van der Waals surface area contributed by atoms with Gasteiger partial charge in [-0.05, 0) is 44.5 Å². The summed E-state index contributed by atoms with van der Waals surface area (Å²) in [6, 6.07) is 16.5. The van der Waals surface area contributed by atoms with E-state index in [9.17, 15) is 9.59 Å². The number of anilines is 1. The second-order valence-corrected chi connectivity index (χ2v) is 6.95. The molecule has 0 aliphatic carbocycles. The summed E-state index contributed by atoms with van der Waals surface area (Å²) in [5, 5.41) is 5.68. The summed E-state index contributed by atoms with van der Waals surface area (Å²) < 4.78 is 5.86. The van der Waals surface area contributed by atoms with Crippen LogP contribution >= 0.6 is 0 Å². The van der Waals surface area contributed by atoms with Crippen molar-refractivity contribution in [2.75, 3.05) is 11.9 Å². The van der Waals surface area contributed by atoms with Gasteiger partial charge in [0, 0.05) is 6.54 Å². The third-order valence-electron chi connectivity index (χ3n) is 4.31. The normalized spacial score (nSPS) is 10.9. The Morgan fingerprint density at radius 1 is 0.926 bits per heavy atom. The molecule has 5 nitrogen and oxygen atoms in total. The molecule has 0 atom stereocenters. The van der Waals surface area contributed by atoms with Crippen molar-refractivity contribution in [3.05, 3.63) is 54.6 Å². The molecular formula is C22H28N2O3. The first-order valence-corrected chi connectivity index (χ1v) is 9.37. The summed E-state index contributed by atoms with van der Waals surface area (Å²) >= 11 is 0. The van der Waals surface area contributed by atoms with Gasteiger partial charge in [0.15, 0.2) is 5.75 Å². The van der Waals surface area contributed by atoms with Gasteiger partial charge in [0.05, 0.1) is 5.69 Å². The summed E-state index contributed by atoms with van der Waals surface area (Å²) in [4.78, 5) is 25.2. The van der Waals surface area contributed by atoms with Gasteiger partial charge in [0.25, 0.3) is 0 Å². The first kappa shape index (κ1) is 20.5. The van der Waals surface area contributed by atoms with Crippen molar-refractivity contribution in [3.63, 3.8) is 0 Å². The van der Waals surface area contributed by atoms with E-state index in [4.69, 9.17) is 4.74 Å². The number of hydrogen-bond donors (Lipinski definition) is 2. The first-order valence-electron chi connectivity index (χ1n) is 9.37. The monoisotopic (exact) mass is 368 g/mol. The van der Waals surface area contributed by atoms with Crippen LogP contribution in [0.15, 0.2) is 54.6 Å². The van der Waals surface area contributed by atoms with Crippen LogP contribution in [0, 0.1) is 5.41 Å². The van der Waals surface area contributed by atoms with Crippen LogP contribution in [-0.2, 0) is 9.59 Å². The molecule has 0 saturated heterocycles. The highest BCUT2D eigenvalue weighted by Gasteiger charge is 2.36. The number of rotatable bonds is 9. The molecule has 5 heteroatoms. The van der Waals surface area contributed by atoms with E-state index in [1.807, 2.05) is 42.5 Å².